The van der Waals surface area contributed by atoms with E-state index in [1.807, 2.05) is 24.8 Å². The van der Waals surface area contributed by atoms with Gasteiger partial charge in [0.05, 0.1) is 28.0 Å². The third kappa shape index (κ3) is 4.50. The molecule has 2 aromatic heterocycles. The predicted molar refractivity (Wildman–Crippen MR) is 120 cm³/mol. The van der Waals surface area contributed by atoms with Crippen LogP contribution in [0.4, 0.5) is 11.4 Å². The maximum Gasteiger partial charge on any atom is 0.275 e. The Morgan fingerprint density at radius 3 is 2.61 bits per heavy atom. The molecule has 10 heteroatoms. The van der Waals surface area contributed by atoms with Crippen LogP contribution in [0.25, 0.3) is 5.82 Å². The quantitative estimate of drug-likeness (QED) is 0.624. The number of carbonyl (C=O) groups excluding carboxylic acids is 2. The lowest BCUT2D eigenvalue weighted by Crippen LogP contribution is -2.47. The first-order valence-electron chi connectivity index (χ1n) is 9.64. The molecule has 0 atom stereocenters. The molecule has 1 aromatic carbocycles. The van der Waals surface area contributed by atoms with Gasteiger partial charge in [0.25, 0.3) is 5.91 Å². The third-order valence-electron chi connectivity index (χ3n) is 4.86. The van der Waals surface area contributed by atoms with Crippen molar-refractivity contribution in [3.05, 3.63) is 63.5 Å². The Morgan fingerprint density at radius 1 is 1.13 bits per heavy atom. The Kier molecular flexibility index (Phi) is 5.84. The van der Waals surface area contributed by atoms with Crippen molar-refractivity contribution in [1.82, 2.24) is 20.1 Å². The molecule has 0 saturated carbocycles. The Balaban J connectivity index is 1.55. The smallest absolute Gasteiger partial charge is 0.275 e. The molecule has 1 aliphatic rings. The van der Waals surface area contributed by atoms with E-state index in [0.29, 0.717) is 29.6 Å². The van der Waals surface area contributed by atoms with E-state index in [2.05, 4.69) is 20.7 Å². The zero-order chi connectivity index (χ0) is 22.1. The Morgan fingerprint density at radius 2 is 1.94 bits per heavy atom. The van der Waals surface area contributed by atoms with Gasteiger partial charge >= 0.3 is 0 Å². The highest BCUT2D eigenvalue weighted by molar-refractivity contribution is 6.34. The van der Waals surface area contributed by atoms with E-state index in [1.54, 1.807) is 35.0 Å². The number of amides is 2. The molecule has 0 aliphatic carbocycles. The lowest BCUT2D eigenvalue weighted by atomic mass is 10.2. The molecule has 4 rings (SSSR count). The minimum Gasteiger partial charge on any atom is -0.359 e. The van der Waals surface area contributed by atoms with Crippen LogP contribution >= 0.6 is 23.2 Å². The summed E-state index contributed by atoms with van der Waals surface area (Å²) in [5.41, 5.74) is 3.06. The Labute approximate surface area is 189 Å². The number of carbonyl (C=O) groups is 2. The molecule has 0 unspecified atom stereocenters. The van der Waals surface area contributed by atoms with Gasteiger partial charge in [-0.15, -0.1) is 0 Å². The first-order chi connectivity index (χ1) is 14.8. The van der Waals surface area contributed by atoms with Crippen molar-refractivity contribution in [2.75, 3.05) is 29.9 Å². The molecule has 1 aliphatic heterocycles. The first-order valence-corrected chi connectivity index (χ1v) is 10.4. The van der Waals surface area contributed by atoms with Gasteiger partial charge in [0.1, 0.15) is 5.69 Å². The molecular weight excluding hydrogens is 439 g/mol. The molecule has 8 nitrogen and oxygen atoms in total. The van der Waals surface area contributed by atoms with Crippen LogP contribution < -0.4 is 15.5 Å². The predicted octanol–water partition coefficient (Wildman–Crippen LogP) is 3.38. The van der Waals surface area contributed by atoms with Gasteiger partial charge in [0, 0.05) is 24.5 Å². The number of benzene rings is 1. The van der Waals surface area contributed by atoms with E-state index >= 15 is 0 Å². The summed E-state index contributed by atoms with van der Waals surface area (Å²) in [6, 6.07) is 10.4. The third-order valence-corrected chi connectivity index (χ3v) is 5.47. The fraction of sp³-hybridized carbons (Fsp3) is 0.238. The molecule has 2 amide bonds. The van der Waals surface area contributed by atoms with E-state index in [1.165, 1.54) is 0 Å². The van der Waals surface area contributed by atoms with E-state index in [9.17, 15) is 9.59 Å². The number of anilines is 2. The molecule has 1 fully saturated rings. The topological polar surface area (TPSA) is 92.2 Å². The highest BCUT2D eigenvalue weighted by atomic mass is 35.5. The minimum atomic E-state index is -0.463. The largest absolute Gasteiger partial charge is 0.359 e. The molecule has 31 heavy (non-hydrogen) atoms. The number of rotatable bonds is 4. The molecular formula is C21H20Cl2N6O2. The number of aromatic nitrogens is 3. The monoisotopic (exact) mass is 458 g/mol. The van der Waals surface area contributed by atoms with Crippen LogP contribution in [0, 0.1) is 13.8 Å². The minimum absolute atomic E-state index is 0.0529. The fourth-order valence-electron chi connectivity index (χ4n) is 3.45. The number of hydrogen-bond acceptors (Lipinski definition) is 5. The molecule has 0 bridgehead atoms. The number of nitrogens with zero attached hydrogens (tertiary/aromatic N) is 4. The van der Waals surface area contributed by atoms with Gasteiger partial charge in [0.15, 0.2) is 5.82 Å². The van der Waals surface area contributed by atoms with Crippen molar-refractivity contribution >= 4 is 46.4 Å². The highest BCUT2D eigenvalue weighted by Crippen LogP contribution is 2.29. The normalized spacial score (nSPS) is 13.8. The summed E-state index contributed by atoms with van der Waals surface area (Å²) in [7, 11) is 0. The number of nitrogens with one attached hydrogen (secondary N) is 2. The van der Waals surface area contributed by atoms with E-state index in [4.69, 9.17) is 23.2 Å². The van der Waals surface area contributed by atoms with E-state index in [-0.39, 0.29) is 23.2 Å². The zero-order valence-electron chi connectivity index (χ0n) is 16.9. The first kappa shape index (κ1) is 21.1. The van der Waals surface area contributed by atoms with Crippen LogP contribution in [0.2, 0.25) is 10.0 Å². The summed E-state index contributed by atoms with van der Waals surface area (Å²) in [6.07, 6.45) is 0. The molecule has 3 aromatic rings. The second-order valence-electron chi connectivity index (χ2n) is 7.23. The van der Waals surface area contributed by atoms with Gasteiger partial charge in [-0.1, -0.05) is 23.2 Å². The lowest BCUT2D eigenvalue weighted by molar-refractivity contribution is -0.120. The zero-order valence-corrected chi connectivity index (χ0v) is 18.5. The summed E-state index contributed by atoms with van der Waals surface area (Å²) in [5, 5.41) is 10.6. The fourth-order valence-corrected chi connectivity index (χ4v) is 3.94. The van der Waals surface area contributed by atoms with Crippen LogP contribution in [-0.4, -0.2) is 46.2 Å². The molecule has 0 spiro atoms. The summed E-state index contributed by atoms with van der Waals surface area (Å²) in [5.74, 6) is -0.0191. The standard InChI is InChI=1S/C21H20Cl2N6O2/c1-12-9-13(2)29(27-12)18-6-4-15(22)20(26-18)21(31)25-14-3-5-17(16(23)10-14)28-8-7-24-19(30)11-28/h3-6,9-10H,7-8,11H2,1-2H3,(H,24,30)(H,25,31). The van der Waals surface area contributed by atoms with Crippen LogP contribution in [-0.2, 0) is 4.79 Å². The Bertz CT molecular complexity index is 1180. The maximum atomic E-state index is 12.9. The van der Waals surface area contributed by atoms with Crippen molar-refractivity contribution in [2.24, 2.45) is 0 Å². The average Bonchev–Trinajstić information content (AvgIpc) is 3.06. The van der Waals surface area contributed by atoms with Crippen LogP contribution in [0.1, 0.15) is 21.9 Å². The van der Waals surface area contributed by atoms with E-state index in [0.717, 1.165) is 17.1 Å². The summed E-state index contributed by atoms with van der Waals surface area (Å²) in [6.45, 7) is 5.26. The number of aryl methyl sites for hydroxylation is 2. The number of pyridine rings is 1. The molecule has 3 heterocycles. The number of piperazine rings is 1. The van der Waals surface area contributed by atoms with Crippen molar-refractivity contribution in [3.63, 3.8) is 0 Å². The van der Waals surface area contributed by atoms with Gasteiger partial charge in [-0.3, -0.25) is 9.59 Å². The van der Waals surface area contributed by atoms with E-state index < -0.39 is 5.91 Å². The summed E-state index contributed by atoms with van der Waals surface area (Å²) >= 11 is 12.7. The summed E-state index contributed by atoms with van der Waals surface area (Å²) < 4.78 is 1.66. The molecule has 160 valence electrons. The SMILES string of the molecule is Cc1cc(C)n(-c2ccc(Cl)c(C(=O)Nc3ccc(N4CCNC(=O)C4)c(Cl)c3)n2)n1. The van der Waals surface area contributed by atoms with Crippen molar-refractivity contribution < 1.29 is 9.59 Å². The highest BCUT2D eigenvalue weighted by Gasteiger charge is 2.20. The second-order valence-corrected chi connectivity index (χ2v) is 8.05. The molecule has 1 saturated heterocycles. The van der Waals surface area contributed by atoms with Crippen molar-refractivity contribution in [1.29, 1.82) is 0 Å². The van der Waals surface area contributed by atoms with Gasteiger partial charge < -0.3 is 15.5 Å². The number of hydrogen-bond donors (Lipinski definition) is 2. The van der Waals surface area contributed by atoms with Crippen molar-refractivity contribution in [2.45, 2.75) is 13.8 Å². The lowest BCUT2D eigenvalue weighted by Gasteiger charge is -2.29. The van der Waals surface area contributed by atoms with Crippen molar-refractivity contribution in [3.8, 4) is 5.82 Å². The van der Waals surface area contributed by atoms with Crippen LogP contribution in [0.15, 0.2) is 36.4 Å². The number of halogens is 2. The summed E-state index contributed by atoms with van der Waals surface area (Å²) in [4.78, 5) is 30.8. The van der Waals surface area contributed by atoms with Crippen LogP contribution in [0.5, 0.6) is 0 Å². The second kappa shape index (κ2) is 8.56. The van der Waals surface area contributed by atoms with Gasteiger partial charge in [-0.2, -0.15) is 5.10 Å². The maximum absolute atomic E-state index is 12.9. The van der Waals surface area contributed by atoms with Gasteiger partial charge in [-0.05, 0) is 50.2 Å². The van der Waals surface area contributed by atoms with Gasteiger partial charge in [0.2, 0.25) is 5.91 Å². The molecule has 2 N–H and O–H groups in total. The average molecular weight is 459 g/mol. The molecule has 0 radical (unpaired) electrons. The van der Waals surface area contributed by atoms with Crippen LogP contribution in [0.3, 0.4) is 0 Å². The Hall–Kier alpha value is -3.10. The van der Waals surface area contributed by atoms with Gasteiger partial charge in [-0.25, -0.2) is 9.67 Å².